The van der Waals surface area contributed by atoms with Crippen LogP contribution in [0.3, 0.4) is 0 Å². The molecule has 0 aliphatic carbocycles. The molecule has 0 unspecified atom stereocenters. The van der Waals surface area contributed by atoms with Crippen LogP contribution in [0.25, 0.3) is 0 Å². The standard InChI is InChI=1S/C26H25ClF3NO3/c1-16(2)33-22-12-19(13-23(15-22)34-26(28,29)30)25(3,4)18-10-20(27)14-21(11-18)31-24(32)17-8-6-5-7-9-17/h5-16H,1-4H3,(H,31,32). The summed E-state index contributed by atoms with van der Waals surface area (Å²) in [6.45, 7) is 7.24. The van der Waals surface area contributed by atoms with E-state index in [4.69, 9.17) is 16.3 Å². The van der Waals surface area contributed by atoms with Crippen LogP contribution in [0.4, 0.5) is 18.9 Å². The van der Waals surface area contributed by atoms with Crippen molar-refractivity contribution in [1.82, 2.24) is 0 Å². The lowest BCUT2D eigenvalue weighted by Gasteiger charge is -2.28. The van der Waals surface area contributed by atoms with Crippen molar-refractivity contribution in [1.29, 1.82) is 0 Å². The number of alkyl halides is 3. The first-order valence-electron chi connectivity index (χ1n) is 10.6. The Morgan fingerprint density at radius 3 is 2.15 bits per heavy atom. The van der Waals surface area contributed by atoms with Crippen molar-refractivity contribution in [2.24, 2.45) is 0 Å². The fourth-order valence-electron chi connectivity index (χ4n) is 3.45. The van der Waals surface area contributed by atoms with Crippen LogP contribution in [-0.4, -0.2) is 18.4 Å². The zero-order chi connectivity index (χ0) is 25.1. The first-order chi connectivity index (χ1) is 15.8. The second-order valence-corrected chi connectivity index (χ2v) is 9.02. The minimum absolute atomic E-state index is 0.247. The summed E-state index contributed by atoms with van der Waals surface area (Å²) in [5, 5.41) is 3.19. The Balaban J connectivity index is 2.00. The molecule has 3 aromatic carbocycles. The number of hydrogen-bond acceptors (Lipinski definition) is 3. The van der Waals surface area contributed by atoms with Crippen LogP contribution >= 0.6 is 11.6 Å². The Bertz CT molecular complexity index is 1160. The first-order valence-corrected chi connectivity index (χ1v) is 11.0. The molecular weight excluding hydrogens is 467 g/mol. The quantitative estimate of drug-likeness (QED) is 0.370. The number of carbonyl (C=O) groups is 1. The molecule has 180 valence electrons. The van der Waals surface area contributed by atoms with Gasteiger partial charge in [0, 0.05) is 27.8 Å². The maximum absolute atomic E-state index is 12.9. The third kappa shape index (κ3) is 6.67. The summed E-state index contributed by atoms with van der Waals surface area (Å²) in [6, 6.07) is 18.0. The molecule has 1 amide bonds. The van der Waals surface area contributed by atoms with Gasteiger partial charge < -0.3 is 14.8 Å². The molecule has 8 heteroatoms. The van der Waals surface area contributed by atoms with Gasteiger partial charge in [-0.3, -0.25) is 4.79 Å². The second kappa shape index (κ2) is 9.97. The highest BCUT2D eigenvalue weighted by Crippen LogP contribution is 2.39. The van der Waals surface area contributed by atoms with Gasteiger partial charge in [-0.1, -0.05) is 43.6 Å². The number of hydrogen-bond donors (Lipinski definition) is 1. The first kappa shape index (κ1) is 25.4. The SMILES string of the molecule is CC(C)Oc1cc(OC(F)(F)F)cc(C(C)(C)c2cc(Cl)cc(NC(=O)c3ccccc3)c2)c1. The number of nitrogens with one attached hydrogen (secondary N) is 1. The largest absolute Gasteiger partial charge is 0.573 e. The third-order valence-corrected chi connectivity index (χ3v) is 5.34. The number of benzene rings is 3. The molecule has 34 heavy (non-hydrogen) atoms. The summed E-state index contributed by atoms with van der Waals surface area (Å²) in [5.41, 5.74) is 1.34. The predicted molar refractivity (Wildman–Crippen MR) is 127 cm³/mol. The van der Waals surface area contributed by atoms with E-state index in [0.29, 0.717) is 27.4 Å². The van der Waals surface area contributed by atoms with Gasteiger partial charge in [0.2, 0.25) is 0 Å². The van der Waals surface area contributed by atoms with Crippen LogP contribution in [0.1, 0.15) is 49.2 Å². The molecule has 0 atom stereocenters. The molecule has 0 bridgehead atoms. The molecule has 0 aromatic heterocycles. The molecule has 4 nitrogen and oxygen atoms in total. The van der Waals surface area contributed by atoms with Crippen LogP contribution < -0.4 is 14.8 Å². The van der Waals surface area contributed by atoms with Gasteiger partial charge in [-0.2, -0.15) is 0 Å². The lowest BCUT2D eigenvalue weighted by molar-refractivity contribution is -0.274. The van der Waals surface area contributed by atoms with Crippen molar-refractivity contribution in [3.8, 4) is 11.5 Å². The summed E-state index contributed by atoms with van der Waals surface area (Å²) < 4.78 is 48.6. The topological polar surface area (TPSA) is 47.6 Å². The van der Waals surface area contributed by atoms with E-state index in [-0.39, 0.29) is 23.5 Å². The summed E-state index contributed by atoms with van der Waals surface area (Å²) in [5.74, 6) is -0.437. The van der Waals surface area contributed by atoms with Crippen molar-refractivity contribution in [3.63, 3.8) is 0 Å². The molecule has 0 radical (unpaired) electrons. The van der Waals surface area contributed by atoms with Gasteiger partial charge in [0.05, 0.1) is 6.10 Å². The average Bonchev–Trinajstić information content (AvgIpc) is 2.72. The van der Waals surface area contributed by atoms with E-state index in [1.165, 1.54) is 12.1 Å². The van der Waals surface area contributed by atoms with Crippen LogP contribution in [0.2, 0.25) is 5.02 Å². The smallest absolute Gasteiger partial charge is 0.491 e. The van der Waals surface area contributed by atoms with Crippen molar-refractivity contribution in [2.45, 2.75) is 45.6 Å². The highest BCUT2D eigenvalue weighted by atomic mass is 35.5. The molecule has 0 heterocycles. The van der Waals surface area contributed by atoms with Gasteiger partial charge >= 0.3 is 6.36 Å². The van der Waals surface area contributed by atoms with Crippen molar-refractivity contribution < 1.29 is 27.4 Å². The predicted octanol–water partition coefficient (Wildman–Crippen LogP) is 7.60. The van der Waals surface area contributed by atoms with Crippen LogP contribution in [0.15, 0.2) is 66.7 Å². The highest BCUT2D eigenvalue weighted by Gasteiger charge is 2.33. The Hall–Kier alpha value is -3.19. The number of halogens is 4. The van der Waals surface area contributed by atoms with Crippen molar-refractivity contribution in [2.75, 3.05) is 5.32 Å². The second-order valence-electron chi connectivity index (χ2n) is 8.58. The van der Waals surface area contributed by atoms with Gasteiger partial charge in [0.1, 0.15) is 11.5 Å². The molecule has 0 aliphatic heterocycles. The number of ether oxygens (including phenoxy) is 2. The lowest BCUT2D eigenvalue weighted by atomic mass is 9.78. The number of rotatable bonds is 7. The summed E-state index contributed by atoms with van der Waals surface area (Å²) >= 11 is 6.34. The van der Waals surface area contributed by atoms with Gasteiger partial charge in [0.15, 0.2) is 0 Å². The Morgan fingerprint density at radius 1 is 0.912 bits per heavy atom. The van der Waals surface area contributed by atoms with Crippen LogP contribution in [0, 0.1) is 0 Å². The Kier molecular flexibility index (Phi) is 7.46. The fourth-order valence-corrected chi connectivity index (χ4v) is 3.68. The van der Waals surface area contributed by atoms with Gasteiger partial charge in [0.25, 0.3) is 5.91 Å². The van der Waals surface area contributed by atoms with E-state index in [9.17, 15) is 18.0 Å². The van der Waals surface area contributed by atoms with E-state index in [1.807, 2.05) is 19.9 Å². The number of carbonyl (C=O) groups excluding carboxylic acids is 1. The zero-order valence-corrected chi connectivity index (χ0v) is 19.9. The molecule has 1 N–H and O–H groups in total. The molecule has 0 fully saturated rings. The average molecular weight is 492 g/mol. The normalized spacial score (nSPS) is 11.9. The molecular formula is C26H25ClF3NO3. The molecule has 3 rings (SSSR count). The van der Waals surface area contributed by atoms with E-state index < -0.39 is 11.8 Å². The van der Waals surface area contributed by atoms with E-state index >= 15 is 0 Å². The molecule has 0 spiro atoms. The van der Waals surface area contributed by atoms with Crippen molar-refractivity contribution in [3.05, 3.63) is 88.4 Å². The van der Waals surface area contributed by atoms with Crippen LogP contribution in [0.5, 0.6) is 11.5 Å². The van der Waals surface area contributed by atoms with Gasteiger partial charge in [-0.25, -0.2) is 0 Å². The number of amides is 1. The van der Waals surface area contributed by atoms with E-state index in [0.717, 1.165) is 0 Å². The number of anilines is 1. The minimum Gasteiger partial charge on any atom is -0.491 e. The summed E-state index contributed by atoms with van der Waals surface area (Å²) in [6.07, 6.45) is -5.09. The molecule has 0 saturated carbocycles. The Morgan fingerprint density at radius 2 is 1.53 bits per heavy atom. The maximum Gasteiger partial charge on any atom is 0.573 e. The highest BCUT2D eigenvalue weighted by molar-refractivity contribution is 6.31. The van der Waals surface area contributed by atoms with Gasteiger partial charge in [-0.15, -0.1) is 13.2 Å². The van der Waals surface area contributed by atoms with E-state index in [2.05, 4.69) is 10.1 Å². The van der Waals surface area contributed by atoms with Crippen molar-refractivity contribution >= 4 is 23.2 Å². The molecule has 0 aliphatic rings. The molecule has 3 aromatic rings. The van der Waals surface area contributed by atoms with Gasteiger partial charge in [-0.05, 0) is 67.4 Å². The van der Waals surface area contributed by atoms with Crippen LogP contribution in [-0.2, 0) is 5.41 Å². The lowest BCUT2D eigenvalue weighted by Crippen LogP contribution is -2.22. The maximum atomic E-state index is 12.9. The third-order valence-electron chi connectivity index (χ3n) is 5.12. The fraction of sp³-hybridized carbons (Fsp3) is 0.269. The zero-order valence-electron chi connectivity index (χ0n) is 19.2. The monoisotopic (exact) mass is 491 g/mol. The van der Waals surface area contributed by atoms with E-state index in [1.54, 1.807) is 62.4 Å². The minimum atomic E-state index is -4.84. The summed E-state index contributed by atoms with van der Waals surface area (Å²) in [4.78, 5) is 12.6. The summed E-state index contributed by atoms with van der Waals surface area (Å²) in [7, 11) is 0. The Labute approximate surface area is 201 Å². The molecule has 0 saturated heterocycles.